The molecule has 0 atom stereocenters. The molecule has 0 aliphatic carbocycles. The van der Waals surface area contributed by atoms with E-state index in [1.165, 1.54) is 0 Å². The molecule has 0 saturated carbocycles. The van der Waals surface area contributed by atoms with Crippen molar-refractivity contribution in [1.29, 1.82) is 5.26 Å². The average molecular weight is 402 g/mol. The van der Waals surface area contributed by atoms with Gasteiger partial charge in [-0.3, -0.25) is 4.98 Å². The number of fused-ring (bicyclic) bond motifs is 1. The Morgan fingerprint density at radius 3 is 2.48 bits per heavy atom. The first-order valence-corrected chi connectivity index (χ1v) is 9.87. The molecule has 1 N–H and O–H groups in total. The molecule has 5 aromatic rings. The van der Waals surface area contributed by atoms with Gasteiger partial charge in [0, 0.05) is 24.4 Å². The molecule has 5 rings (SSSR count). The number of phenols is 1. The van der Waals surface area contributed by atoms with Gasteiger partial charge in [-0.2, -0.15) is 5.26 Å². The van der Waals surface area contributed by atoms with Crippen LogP contribution in [0.15, 0.2) is 85.1 Å². The predicted octanol–water partition coefficient (Wildman–Crippen LogP) is 5.55. The third kappa shape index (κ3) is 3.11. The van der Waals surface area contributed by atoms with Gasteiger partial charge < -0.3 is 9.67 Å². The maximum Gasteiger partial charge on any atom is 0.144 e. The monoisotopic (exact) mass is 402 g/mol. The lowest BCUT2D eigenvalue weighted by Crippen LogP contribution is -1.92. The van der Waals surface area contributed by atoms with Crippen LogP contribution in [0.4, 0.5) is 0 Å². The fourth-order valence-electron chi connectivity index (χ4n) is 3.91. The van der Waals surface area contributed by atoms with Crippen LogP contribution in [0, 0.1) is 11.3 Å². The second-order valence-corrected chi connectivity index (χ2v) is 7.28. The zero-order chi connectivity index (χ0) is 21.4. The van der Waals surface area contributed by atoms with E-state index in [1.54, 1.807) is 30.5 Å². The van der Waals surface area contributed by atoms with E-state index >= 15 is 0 Å². The van der Waals surface area contributed by atoms with E-state index in [4.69, 9.17) is 4.98 Å². The molecule has 3 aromatic carbocycles. The maximum absolute atomic E-state index is 10.3. The van der Waals surface area contributed by atoms with E-state index in [0.29, 0.717) is 22.6 Å². The molecule has 5 nitrogen and oxygen atoms in total. The Morgan fingerprint density at radius 2 is 1.65 bits per heavy atom. The number of hydrogen-bond acceptors (Lipinski definition) is 4. The van der Waals surface area contributed by atoms with Crippen molar-refractivity contribution in [3.63, 3.8) is 0 Å². The zero-order valence-electron chi connectivity index (χ0n) is 16.8. The Balaban J connectivity index is 1.70. The van der Waals surface area contributed by atoms with Gasteiger partial charge in [-0.05, 0) is 42.0 Å². The van der Waals surface area contributed by atoms with Crippen molar-refractivity contribution in [2.75, 3.05) is 0 Å². The molecule has 0 spiro atoms. The highest BCUT2D eigenvalue weighted by Gasteiger charge is 2.16. The van der Waals surface area contributed by atoms with Crippen LogP contribution in [0.2, 0.25) is 0 Å². The molecule has 0 radical (unpaired) electrons. The number of hydrogen-bond donors (Lipinski definition) is 1. The number of aryl methyl sites for hydroxylation is 1. The first-order valence-electron chi connectivity index (χ1n) is 9.87. The second-order valence-electron chi connectivity index (χ2n) is 7.28. The lowest BCUT2D eigenvalue weighted by atomic mass is 9.99. The van der Waals surface area contributed by atoms with Crippen molar-refractivity contribution in [3.05, 3.63) is 90.6 Å². The number of rotatable bonds is 3. The minimum absolute atomic E-state index is 0.198. The summed E-state index contributed by atoms with van der Waals surface area (Å²) < 4.78 is 1.99. The van der Waals surface area contributed by atoms with Crippen LogP contribution in [0.3, 0.4) is 0 Å². The van der Waals surface area contributed by atoms with E-state index in [9.17, 15) is 10.4 Å². The van der Waals surface area contributed by atoms with E-state index in [-0.39, 0.29) is 5.75 Å². The van der Waals surface area contributed by atoms with Crippen LogP contribution in [0.5, 0.6) is 5.75 Å². The van der Waals surface area contributed by atoms with Crippen molar-refractivity contribution in [2.45, 2.75) is 0 Å². The average Bonchev–Trinajstić information content (AvgIpc) is 3.16. The van der Waals surface area contributed by atoms with Crippen molar-refractivity contribution < 1.29 is 5.11 Å². The zero-order valence-corrected chi connectivity index (χ0v) is 16.8. The van der Waals surface area contributed by atoms with Crippen molar-refractivity contribution in [3.8, 4) is 45.6 Å². The number of imidazole rings is 1. The molecular formula is C26H18N4O. The van der Waals surface area contributed by atoms with Crippen LogP contribution in [0.1, 0.15) is 5.56 Å². The SMILES string of the molecule is Cn1c(-c2ccccc2O)nc2c(-c3cccc(-c4ncccc4C#N)c3)cccc21. The Kier molecular flexibility index (Phi) is 4.46. The Hall–Kier alpha value is -4.43. The fraction of sp³-hybridized carbons (Fsp3) is 0.0385. The standard InChI is InChI=1S/C26H18N4O/c1-30-22-12-5-11-20(25(22)29-26(30)21-10-2-3-13-23(21)31)17-7-4-8-18(15-17)24-19(16-27)9-6-14-28-24/h2-15,31H,1H3. The Morgan fingerprint density at radius 1 is 0.871 bits per heavy atom. The molecular weight excluding hydrogens is 384 g/mol. The van der Waals surface area contributed by atoms with Gasteiger partial charge in [0.2, 0.25) is 0 Å². The number of aromatic nitrogens is 3. The lowest BCUT2D eigenvalue weighted by molar-refractivity contribution is 0.476. The highest BCUT2D eigenvalue weighted by atomic mass is 16.3. The van der Waals surface area contributed by atoms with Crippen molar-refractivity contribution in [1.82, 2.24) is 14.5 Å². The van der Waals surface area contributed by atoms with E-state index in [1.807, 2.05) is 66.2 Å². The number of pyridine rings is 1. The summed E-state index contributed by atoms with van der Waals surface area (Å²) in [5.74, 6) is 0.900. The quantitative estimate of drug-likeness (QED) is 0.429. The van der Waals surface area contributed by atoms with Gasteiger partial charge in [0.15, 0.2) is 0 Å². The van der Waals surface area contributed by atoms with Crippen LogP contribution >= 0.6 is 0 Å². The third-order valence-corrected chi connectivity index (χ3v) is 5.43. The van der Waals surface area contributed by atoms with Gasteiger partial charge in [-0.25, -0.2) is 4.98 Å². The molecule has 0 bridgehead atoms. The highest BCUT2D eigenvalue weighted by molar-refractivity contribution is 5.95. The third-order valence-electron chi connectivity index (χ3n) is 5.43. The van der Waals surface area contributed by atoms with Gasteiger partial charge in [0.1, 0.15) is 17.6 Å². The molecule has 0 fully saturated rings. The normalized spacial score (nSPS) is 10.8. The number of nitrogens with zero attached hydrogens (tertiary/aromatic N) is 4. The van der Waals surface area contributed by atoms with E-state index in [0.717, 1.165) is 27.7 Å². The molecule has 5 heteroatoms. The summed E-state index contributed by atoms with van der Waals surface area (Å²) in [7, 11) is 1.95. The molecule has 0 aliphatic rings. The minimum Gasteiger partial charge on any atom is -0.507 e. The van der Waals surface area contributed by atoms with E-state index < -0.39 is 0 Å². The molecule has 0 amide bonds. The van der Waals surface area contributed by atoms with E-state index in [2.05, 4.69) is 11.1 Å². The maximum atomic E-state index is 10.3. The molecule has 148 valence electrons. The summed E-state index contributed by atoms with van der Waals surface area (Å²) >= 11 is 0. The van der Waals surface area contributed by atoms with Gasteiger partial charge in [-0.1, -0.05) is 42.5 Å². The van der Waals surface area contributed by atoms with Gasteiger partial charge >= 0.3 is 0 Å². The summed E-state index contributed by atoms with van der Waals surface area (Å²) in [4.78, 5) is 9.31. The lowest BCUT2D eigenvalue weighted by Gasteiger charge is -2.07. The van der Waals surface area contributed by atoms with Crippen molar-refractivity contribution >= 4 is 11.0 Å². The smallest absolute Gasteiger partial charge is 0.144 e. The number of benzene rings is 3. The number of para-hydroxylation sites is 2. The van der Waals surface area contributed by atoms with Crippen molar-refractivity contribution in [2.24, 2.45) is 7.05 Å². The Bertz CT molecular complexity index is 1480. The van der Waals surface area contributed by atoms with Crippen LogP contribution in [0.25, 0.3) is 44.8 Å². The molecule has 2 aromatic heterocycles. The van der Waals surface area contributed by atoms with Crippen LogP contribution in [-0.4, -0.2) is 19.6 Å². The Labute approximate surface area is 179 Å². The summed E-state index contributed by atoms with van der Waals surface area (Å²) in [6.07, 6.45) is 1.70. The largest absolute Gasteiger partial charge is 0.507 e. The molecule has 0 aliphatic heterocycles. The van der Waals surface area contributed by atoms with Gasteiger partial charge in [0.05, 0.1) is 27.9 Å². The summed E-state index contributed by atoms with van der Waals surface area (Å²) in [6, 6.07) is 27.0. The summed E-state index contributed by atoms with van der Waals surface area (Å²) in [5.41, 5.74) is 6.55. The topological polar surface area (TPSA) is 74.7 Å². The summed E-state index contributed by atoms with van der Waals surface area (Å²) in [5, 5.41) is 19.8. The minimum atomic E-state index is 0.198. The van der Waals surface area contributed by atoms with Gasteiger partial charge in [-0.15, -0.1) is 0 Å². The van der Waals surface area contributed by atoms with Crippen LogP contribution in [-0.2, 0) is 7.05 Å². The second kappa shape index (κ2) is 7.43. The number of aromatic hydroxyl groups is 1. The van der Waals surface area contributed by atoms with Crippen LogP contribution < -0.4 is 0 Å². The fourth-order valence-corrected chi connectivity index (χ4v) is 3.91. The molecule has 0 saturated heterocycles. The summed E-state index contributed by atoms with van der Waals surface area (Å²) in [6.45, 7) is 0. The first-order chi connectivity index (χ1) is 15.2. The predicted molar refractivity (Wildman–Crippen MR) is 121 cm³/mol. The molecule has 0 unspecified atom stereocenters. The number of phenolic OH excluding ortho intramolecular Hbond substituents is 1. The highest BCUT2D eigenvalue weighted by Crippen LogP contribution is 2.35. The first kappa shape index (κ1) is 18.6. The van der Waals surface area contributed by atoms with Gasteiger partial charge in [0.25, 0.3) is 0 Å². The molecule has 2 heterocycles. The number of nitriles is 1. The molecule has 31 heavy (non-hydrogen) atoms.